The number of hydrogen-bond donors (Lipinski definition) is 1. The van der Waals surface area contributed by atoms with Gasteiger partial charge in [0.05, 0.1) is 0 Å². The lowest BCUT2D eigenvalue weighted by Gasteiger charge is -2.17. The van der Waals surface area contributed by atoms with Crippen LogP contribution >= 0.6 is 0 Å². The number of carbonyl (C=O) groups is 1. The molecule has 1 N–H and O–H groups in total. The quantitative estimate of drug-likeness (QED) is 0.889. The molecule has 4 nitrogen and oxygen atoms in total. The van der Waals surface area contributed by atoms with Gasteiger partial charge in [-0.05, 0) is 30.2 Å². The summed E-state index contributed by atoms with van der Waals surface area (Å²) in [5.41, 5.74) is 0.895. The lowest BCUT2D eigenvalue weighted by Crippen LogP contribution is -2.37. The fourth-order valence-electron chi connectivity index (χ4n) is 1.82. The number of aromatic nitrogens is 1. The van der Waals surface area contributed by atoms with Crippen molar-refractivity contribution < 1.29 is 13.9 Å². The van der Waals surface area contributed by atoms with E-state index in [1.807, 2.05) is 13.0 Å². The zero-order valence-corrected chi connectivity index (χ0v) is 11.8. The summed E-state index contributed by atoms with van der Waals surface area (Å²) in [7, 11) is 0. The van der Waals surface area contributed by atoms with Gasteiger partial charge in [0.1, 0.15) is 0 Å². The highest BCUT2D eigenvalue weighted by atomic mass is 19.1. The van der Waals surface area contributed by atoms with Crippen molar-refractivity contribution in [3.63, 3.8) is 0 Å². The Kier molecular flexibility index (Phi) is 5.26. The largest absolute Gasteiger partial charge is 0.478 e. The van der Waals surface area contributed by atoms with Gasteiger partial charge in [0, 0.05) is 18.9 Å². The molecule has 0 bridgehead atoms. The molecular formula is C16H17FN2O2. The highest BCUT2D eigenvalue weighted by Crippen LogP contribution is 2.18. The Hall–Kier alpha value is -2.43. The minimum Gasteiger partial charge on any atom is -0.478 e. The second-order valence-corrected chi connectivity index (χ2v) is 4.52. The van der Waals surface area contributed by atoms with E-state index < -0.39 is 11.9 Å². The maximum atomic E-state index is 13.5. The van der Waals surface area contributed by atoms with E-state index in [1.54, 1.807) is 30.6 Å². The Morgan fingerprint density at radius 2 is 2.14 bits per heavy atom. The molecule has 0 radical (unpaired) electrons. The molecule has 0 aliphatic carbocycles. The molecule has 1 aromatic heterocycles. The van der Waals surface area contributed by atoms with E-state index in [2.05, 4.69) is 10.3 Å². The van der Waals surface area contributed by atoms with Gasteiger partial charge in [-0.15, -0.1) is 0 Å². The number of rotatable bonds is 6. The van der Waals surface area contributed by atoms with Gasteiger partial charge in [-0.1, -0.05) is 25.1 Å². The SMILES string of the molecule is CC[C@H](Oc1ccccc1F)C(=O)NCc1cccnc1. The normalized spacial score (nSPS) is 11.7. The van der Waals surface area contributed by atoms with E-state index >= 15 is 0 Å². The maximum absolute atomic E-state index is 13.5. The fourth-order valence-corrected chi connectivity index (χ4v) is 1.82. The lowest BCUT2D eigenvalue weighted by atomic mass is 10.2. The van der Waals surface area contributed by atoms with E-state index in [9.17, 15) is 9.18 Å². The molecule has 0 unspecified atom stereocenters. The monoisotopic (exact) mass is 288 g/mol. The van der Waals surface area contributed by atoms with Crippen LogP contribution in [0.15, 0.2) is 48.8 Å². The minimum atomic E-state index is -0.724. The summed E-state index contributed by atoms with van der Waals surface area (Å²) in [5.74, 6) is -0.665. The summed E-state index contributed by atoms with van der Waals surface area (Å²) in [5, 5.41) is 2.76. The molecule has 21 heavy (non-hydrogen) atoms. The number of nitrogens with one attached hydrogen (secondary N) is 1. The van der Waals surface area contributed by atoms with Gasteiger partial charge in [-0.3, -0.25) is 9.78 Å². The summed E-state index contributed by atoms with van der Waals surface area (Å²) in [6.07, 6.45) is 3.08. The van der Waals surface area contributed by atoms with E-state index in [0.29, 0.717) is 13.0 Å². The molecule has 110 valence electrons. The van der Waals surface area contributed by atoms with Gasteiger partial charge < -0.3 is 10.1 Å². The van der Waals surface area contributed by atoms with Gasteiger partial charge >= 0.3 is 0 Å². The number of halogens is 1. The lowest BCUT2D eigenvalue weighted by molar-refractivity contribution is -0.128. The molecule has 0 fully saturated rings. The first-order valence-electron chi connectivity index (χ1n) is 6.78. The first-order chi connectivity index (χ1) is 10.2. The second-order valence-electron chi connectivity index (χ2n) is 4.52. The first kappa shape index (κ1) is 15.0. The number of hydrogen-bond acceptors (Lipinski definition) is 3. The third-order valence-electron chi connectivity index (χ3n) is 2.96. The number of benzene rings is 1. The Bertz CT molecular complexity index is 590. The molecule has 5 heteroatoms. The average molecular weight is 288 g/mol. The van der Waals surface area contributed by atoms with Crippen molar-refractivity contribution in [1.82, 2.24) is 10.3 Å². The van der Waals surface area contributed by atoms with E-state index in [1.165, 1.54) is 12.1 Å². The van der Waals surface area contributed by atoms with Crippen molar-refractivity contribution in [1.29, 1.82) is 0 Å². The molecular weight excluding hydrogens is 271 g/mol. The van der Waals surface area contributed by atoms with E-state index in [0.717, 1.165) is 5.56 Å². The standard InChI is InChI=1S/C16H17FN2O2/c1-2-14(21-15-8-4-3-7-13(15)17)16(20)19-11-12-6-5-9-18-10-12/h3-10,14H,2,11H2,1H3,(H,19,20)/t14-/m0/s1. The minimum absolute atomic E-state index is 0.0841. The van der Waals surface area contributed by atoms with Crippen molar-refractivity contribution >= 4 is 5.91 Å². The smallest absolute Gasteiger partial charge is 0.261 e. The van der Waals surface area contributed by atoms with Crippen LogP contribution < -0.4 is 10.1 Å². The molecule has 1 atom stereocenters. The Morgan fingerprint density at radius 1 is 1.33 bits per heavy atom. The van der Waals surface area contributed by atoms with E-state index in [4.69, 9.17) is 4.74 Å². The summed E-state index contributed by atoms with van der Waals surface area (Å²) in [4.78, 5) is 16.1. The van der Waals surface area contributed by atoms with Gasteiger partial charge in [0.25, 0.3) is 5.91 Å². The molecule has 1 heterocycles. The van der Waals surface area contributed by atoms with Crippen LogP contribution in [0.2, 0.25) is 0 Å². The van der Waals surface area contributed by atoms with Crippen LogP contribution in [0.3, 0.4) is 0 Å². The Balaban J connectivity index is 1.94. The molecule has 2 rings (SSSR count). The van der Waals surface area contributed by atoms with Crippen LogP contribution in [-0.4, -0.2) is 17.0 Å². The van der Waals surface area contributed by atoms with Crippen molar-refractivity contribution in [2.45, 2.75) is 26.0 Å². The zero-order valence-electron chi connectivity index (χ0n) is 11.8. The molecule has 0 saturated heterocycles. The summed E-state index contributed by atoms with van der Waals surface area (Å²) < 4.78 is 19.0. The molecule has 1 amide bonds. The predicted octanol–water partition coefficient (Wildman–Crippen LogP) is 2.69. The van der Waals surface area contributed by atoms with Gasteiger partial charge in [0.15, 0.2) is 17.7 Å². The van der Waals surface area contributed by atoms with Crippen molar-refractivity contribution in [2.24, 2.45) is 0 Å². The third-order valence-corrected chi connectivity index (χ3v) is 2.96. The second kappa shape index (κ2) is 7.38. The maximum Gasteiger partial charge on any atom is 0.261 e. The van der Waals surface area contributed by atoms with Crippen LogP contribution in [0.4, 0.5) is 4.39 Å². The first-order valence-corrected chi connectivity index (χ1v) is 6.78. The van der Waals surface area contributed by atoms with Gasteiger partial charge in [0.2, 0.25) is 0 Å². The van der Waals surface area contributed by atoms with Crippen molar-refractivity contribution in [3.8, 4) is 5.75 Å². The molecule has 0 spiro atoms. The number of carbonyl (C=O) groups excluding carboxylic acids is 1. The summed E-state index contributed by atoms with van der Waals surface area (Å²) in [6, 6.07) is 9.72. The predicted molar refractivity (Wildman–Crippen MR) is 77.2 cm³/mol. The van der Waals surface area contributed by atoms with Crippen LogP contribution in [0.25, 0.3) is 0 Å². The average Bonchev–Trinajstić information content (AvgIpc) is 2.53. The highest BCUT2D eigenvalue weighted by Gasteiger charge is 2.19. The van der Waals surface area contributed by atoms with Crippen LogP contribution in [0.1, 0.15) is 18.9 Å². The summed E-state index contributed by atoms with van der Waals surface area (Å²) >= 11 is 0. The number of pyridine rings is 1. The highest BCUT2D eigenvalue weighted by molar-refractivity contribution is 5.81. The number of nitrogens with zero attached hydrogens (tertiary/aromatic N) is 1. The topological polar surface area (TPSA) is 51.2 Å². The molecule has 0 saturated carbocycles. The number of ether oxygens (including phenoxy) is 1. The fraction of sp³-hybridized carbons (Fsp3) is 0.250. The summed E-state index contributed by atoms with van der Waals surface area (Å²) in [6.45, 7) is 2.18. The third kappa shape index (κ3) is 4.27. The van der Waals surface area contributed by atoms with Crippen molar-refractivity contribution in [3.05, 3.63) is 60.2 Å². The van der Waals surface area contributed by atoms with E-state index in [-0.39, 0.29) is 11.7 Å². The zero-order chi connectivity index (χ0) is 15.1. The van der Waals surface area contributed by atoms with Crippen molar-refractivity contribution in [2.75, 3.05) is 0 Å². The Labute approximate surface area is 123 Å². The number of para-hydroxylation sites is 1. The van der Waals surface area contributed by atoms with Crippen LogP contribution in [-0.2, 0) is 11.3 Å². The van der Waals surface area contributed by atoms with Gasteiger partial charge in [-0.2, -0.15) is 0 Å². The van der Waals surface area contributed by atoms with Gasteiger partial charge in [-0.25, -0.2) is 4.39 Å². The molecule has 0 aliphatic rings. The van der Waals surface area contributed by atoms with Crippen LogP contribution in [0, 0.1) is 5.82 Å². The molecule has 2 aromatic rings. The Morgan fingerprint density at radius 3 is 2.81 bits per heavy atom. The molecule has 0 aliphatic heterocycles. The molecule has 1 aromatic carbocycles. The van der Waals surface area contributed by atoms with Crippen LogP contribution in [0.5, 0.6) is 5.75 Å². The number of amides is 1.